The summed E-state index contributed by atoms with van der Waals surface area (Å²) in [4.78, 5) is 55.5. The van der Waals surface area contributed by atoms with Crippen LogP contribution in [0.25, 0.3) is 0 Å². The van der Waals surface area contributed by atoms with E-state index in [2.05, 4.69) is 5.32 Å². The number of benzene rings is 3. The Labute approximate surface area is 240 Å². The normalized spacial score (nSPS) is 16.2. The lowest BCUT2D eigenvalue weighted by Gasteiger charge is -2.43. The van der Waals surface area contributed by atoms with Crippen LogP contribution in [0.2, 0.25) is 5.02 Å². The minimum atomic E-state index is -0.950. The van der Waals surface area contributed by atoms with Crippen molar-refractivity contribution >= 4 is 40.7 Å². The van der Waals surface area contributed by atoms with Gasteiger partial charge in [-0.1, -0.05) is 41.9 Å². The second-order valence-corrected chi connectivity index (χ2v) is 10.5. The Morgan fingerprint density at radius 3 is 2.34 bits per heavy atom. The molecule has 3 amide bonds. The summed E-state index contributed by atoms with van der Waals surface area (Å²) in [5.41, 5.74) is 0.564. The van der Waals surface area contributed by atoms with Crippen molar-refractivity contribution < 1.29 is 23.7 Å². The van der Waals surface area contributed by atoms with E-state index in [9.17, 15) is 28.9 Å². The third-order valence-electron chi connectivity index (χ3n) is 7.59. The summed E-state index contributed by atoms with van der Waals surface area (Å²) in [6, 6.07) is 19.0. The Bertz CT molecular complexity index is 1480. The van der Waals surface area contributed by atoms with Crippen molar-refractivity contribution in [3.05, 3.63) is 105 Å². The average Bonchev–Trinajstić information content (AvgIpc) is 3.23. The van der Waals surface area contributed by atoms with E-state index >= 15 is 0 Å². The maximum Gasteiger partial charge on any atom is 0.270 e. The number of carbonyl (C=O) groups is 3. The lowest BCUT2D eigenvalue weighted by molar-refractivity contribution is -0.384. The quantitative estimate of drug-likeness (QED) is 0.334. The predicted molar refractivity (Wildman–Crippen MR) is 150 cm³/mol. The molecule has 5 rings (SSSR count). The smallest absolute Gasteiger partial charge is 0.270 e. The van der Waals surface area contributed by atoms with Crippen LogP contribution in [0, 0.1) is 15.9 Å². The van der Waals surface area contributed by atoms with Crippen molar-refractivity contribution in [3.63, 3.8) is 0 Å². The topological polar surface area (TPSA) is 116 Å². The number of rotatable bonds is 7. The molecule has 2 aliphatic heterocycles. The number of nitrogens with one attached hydrogen (secondary N) is 1. The van der Waals surface area contributed by atoms with Crippen LogP contribution >= 0.6 is 11.6 Å². The molecule has 0 bridgehead atoms. The van der Waals surface area contributed by atoms with E-state index in [0.717, 1.165) is 17.3 Å². The third kappa shape index (κ3) is 5.71. The average molecular weight is 580 g/mol. The molecule has 3 aromatic rings. The zero-order valence-electron chi connectivity index (χ0n) is 22.0. The Balaban J connectivity index is 1.30. The number of halogens is 2. The van der Waals surface area contributed by atoms with Gasteiger partial charge in [-0.05, 0) is 48.7 Å². The fourth-order valence-corrected chi connectivity index (χ4v) is 5.65. The fourth-order valence-electron chi connectivity index (χ4n) is 5.40. The molecule has 3 aromatic carbocycles. The van der Waals surface area contributed by atoms with Crippen molar-refractivity contribution in [1.82, 2.24) is 15.1 Å². The summed E-state index contributed by atoms with van der Waals surface area (Å²) < 4.78 is 13.2. The molecule has 0 aliphatic carbocycles. The first-order valence-electron chi connectivity index (χ1n) is 13.0. The van der Waals surface area contributed by atoms with Gasteiger partial charge in [-0.3, -0.25) is 24.5 Å². The molecule has 0 aromatic heterocycles. The van der Waals surface area contributed by atoms with Gasteiger partial charge in [0.1, 0.15) is 17.9 Å². The molecule has 41 heavy (non-hydrogen) atoms. The highest BCUT2D eigenvalue weighted by Crippen LogP contribution is 2.40. The van der Waals surface area contributed by atoms with Crippen molar-refractivity contribution in [2.75, 3.05) is 31.2 Å². The molecule has 0 atom stereocenters. The van der Waals surface area contributed by atoms with E-state index in [1.165, 1.54) is 29.2 Å². The number of anilines is 1. The van der Waals surface area contributed by atoms with E-state index in [1.807, 2.05) is 35.2 Å². The number of piperidine rings is 1. The lowest BCUT2D eigenvalue weighted by atomic mass is 9.85. The Morgan fingerprint density at radius 1 is 1.02 bits per heavy atom. The number of non-ortho nitro benzene ring substituents is 1. The summed E-state index contributed by atoms with van der Waals surface area (Å²) in [6.45, 7) is 0.774. The Morgan fingerprint density at radius 2 is 1.71 bits per heavy atom. The minimum absolute atomic E-state index is 0.00911. The summed E-state index contributed by atoms with van der Waals surface area (Å²) in [5.74, 6) is -1.27. The van der Waals surface area contributed by atoms with E-state index in [4.69, 9.17) is 11.6 Å². The number of hydrogen-bond acceptors (Lipinski definition) is 6. The van der Waals surface area contributed by atoms with Crippen LogP contribution < -0.4 is 10.2 Å². The first kappa shape index (κ1) is 28.0. The minimum Gasteiger partial charge on any atom is -0.350 e. The summed E-state index contributed by atoms with van der Waals surface area (Å²) in [6.07, 6.45) is 0.648. The standard InChI is InChI=1S/C29H27ClFN5O5/c30-25-16-23(36(40)41)10-11-24(25)27(38)33-14-12-29(13-15-33)28(39)34(19-35(29)22-4-2-1-3-5-22)18-26(37)32-17-20-6-8-21(31)9-7-20/h1-11,16H,12-15,17-19H2,(H,32,37). The van der Waals surface area contributed by atoms with Gasteiger partial charge in [-0.25, -0.2) is 4.39 Å². The monoisotopic (exact) mass is 579 g/mol. The van der Waals surface area contributed by atoms with Gasteiger partial charge < -0.3 is 20.0 Å². The van der Waals surface area contributed by atoms with Crippen molar-refractivity contribution in [3.8, 4) is 0 Å². The first-order chi connectivity index (χ1) is 19.7. The van der Waals surface area contributed by atoms with Crippen LogP contribution in [0.15, 0.2) is 72.8 Å². The van der Waals surface area contributed by atoms with Gasteiger partial charge in [-0.2, -0.15) is 0 Å². The Kier molecular flexibility index (Phi) is 7.89. The lowest BCUT2D eigenvalue weighted by Crippen LogP contribution is -2.57. The van der Waals surface area contributed by atoms with Gasteiger partial charge in [0.15, 0.2) is 0 Å². The first-order valence-corrected chi connectivity index (χ1v) is 13.4. The second-order valence-electron chi connectivity index (χ2n) is 10.1. The molecule has 1 N–H and O–H groups in total. The summed E-state index contributed by atoms with van der Waals surface area (Å²) in [5, 5.41) is 13.8. The van der Waals surface area contributed by atoms with Gasteiger partial charge in [0.2, 0.25) is 5.91 Å². The molecule has 10 nitrogen and oxygen atoms in total. The third-order valence-corrected chi connectivity index (χ3v) is 7.90. The number of nitrogens with zero attached hydrogens (tertiary/aromatic N) is 4. The molecule has 2 saturated heterocycles. The largest absolute Gasteiger partial charge is 0.350 e. The molecular formula is C29H27ClFN5O5. The maximum absolute atomic E-state index is 13.9. The Hall–Kier alpha value is -4.51. The molecule has 0 unspecified atom stereocenters. The van der Waals surface area contributed by atoms with Gasteiger partial charge in [0, 0.05) is 37.5 Å². The molecule has 0 radical (unpaired) electrons. The molecule has 0 saturated carbocycles. The highest BCUT2D eigenvalue weighted by Gasteiger charge is 2.54. The van der Waals surface area contributed by atoms with Crippen LogP contribution in [0.5, 0.6) is 0 Å². The number of likely N-dealkylation sites (tertiary alicyclic amines) is 1. The van der Waals surface area contributed by atoms with E-state index in [0.29, 0.717) is 12.8 Å². The zero-order valence-corrected chi connectivity index (χ0v) is 22.7. The molecule has 2 fully saturated rings. The number of nitro benzene ring substituents is 1. The number of amides is 3. The van der Waals surface area contributed by atoms with Crippen molar-refractivity contribution in [1.29, 1.82) is 0 Å². The van der Waals surface area contributed by atoms with E-state index in [-0.39, 0.29) is 72.7 Å². The van der Waals surface area contributed by atoms with Crippen LogP contribution in [0.1, 0.15) is 28.8 Å². The van der Waals surface area contributed by atoms with Crippen LogP contribution in [-0.2, 0) is 16.1 Å². The van der Waals surface area contributed by atoms with E-state index < -0.39 is 10.5 Å². The van der Waals surface area contributed by atoms with Gasteiger partial charge in [-0.15, -0.1) is 0 Å². The molecule has 12 heteroatoms. The van der Waals surface area contributed by atoms with Crippen molar-refractivity contribution in [2.45, 2.75) is 24.9 Å². The van der Waals surface area contributed by atoms with Crippen LogP contribution in [0.4, 0.5) is 15.8 Å². The van der Waals surface area contributed by atoms with Gasteiger partial charge in [0.05, 0.1) is 22.2 Å². The highest BCUT2D eigenvalue weighted by molar-refractivity contribution is 6.34. The summed E-state index contributed by atoms with van der Waals surface area (Å²) >= 11 is 6.20. The van der Waals surface area contributed by atoms with Gasteiger partial charge in [0.25, 0.3) is 17.5 Å². The SMILES string of the molecule is O=C(CN1CN(c2ccccc2)C2(CCN(C(=O)c3ccc([N+](=O)[O-])cc3Cl)CC2)C1=O)NCc1ccc(F)cc1. The second kappa shape index (κ2) is 11.5. The van der Waals surface area contributed by atoms with E-state index in [1.54, 1.807) is 17.0 Å². The zero-order chi connectivity index (χ0) is 29.1. The molecular weight excluding hydrogens is 553 g/mol. The van der Waals surface area contributed by atoms with Crippen LogP contribution in [-0.4, -0.2) is 64.3 Å². The fraction of sp³-hybridized carbons (Fsp3) is 0.276. The highest BCUT2D eigenvalue weighted by atomic mass is 35.5. The molecule has 2 heterocycles. The van der Waals surface area contributed by atoms with Crippen molar-refractivity contribution in [2.24, 2.45) is 0 Å². The number of carbonyl (C=O) groups excluding carboxylic acids is 3. The molecule has 212 valence electrons. The maximum atomic E-state index is 13.9. The number of nitro groups is 1. The van der Waals surface area contributed by atoms with Gasteiger partial charge >= 0.3 is 0 Å². The molecule has 1 spiro atoms. The number of hydrogen-bond donors (Lipinski definition) is 1. The van der Waals surface area contributed by atoms with Crippen LogP contribution in [0.3, 0.4) is 0 Å². The summed E-state index contributed by atoms with van der Waals surface area (Å²) in [7, 11) is 0. The molecule has 2 aliphatic rings. The number of para-hydroxylation sites is 1. The predicted octanol–water partition coefficient (Wildman–Crippen LogP) is 3.98.